The van der Waals surface area contributed by atoms with Gasteiger partial charge < -0.3 is 5.11 Å². The van der Waals surface area contributed by atoms with Gasteiger partial charge in [0.25, 0.3) is 0 Å². The number of hydrogen-bond acceptors (Lipinski definition) is 4. The van der Waals surface area contributed by atoms with Crippen molar-refractivity contribution in [1.29, 1.82) is 0 Å². The van der Waals surface area contributed by atoms with Gasteiger partial charge in [-0.25, -0.2) is 9.18 Å². The van der Waals surface area contributed by atoms with Gasteiger partial charge in [-0.05, 0) is 23.6 Å². The summed E-state index contributed by atoms with van der Waals surface area (Å²) in [7, 11) is -1.38. The summed E-state index contributed by atoms with van der Waals surface area (Å²) in [5.74, 6) is -1.59. The normalized spacial score (nSPS) is 12.6. The van der Waals surface area contributed by atoms with Crippen molar-refractivity contribution in [1.82, 2.24) is 0 Å². The van der Waals surface area contributed by atoms with Crippen LogP contribution in [0.5, 0.6) is 0 Å². The van der Waals surface area contributed by atoms with E-state index in [1.54, 1.807) is 29.6 Å². The molecule has 0 bridgehead atoms. The van der Waals surface area contributed by atoms with Crippen LogP contribution >= 0.6 is 22.7 Å². The summed E-state index contributed by atoms with van der Waals surface area (Å²) >= 11 is 2.35. The maximum absolute atomic E-state index is 14.0. The van der Waals surface area contributed by atoms with E-state index in [0.717, 1.165) is 11.3 Å². The summed E-state index contributed by atoms with van der Waals surface area (Å²) in [6.07, 6.45) is 0. The lowest BCUT2D eigenvalue weighted by atomic mass is 10.1. The molecule has 1 N–H and O–H groups in total. The fourth-order valence-electron chi connectivity index (χ4n) is 2.07. The fraction of sp³-hybridized carbons (Fsp3) is 0.0714. The number of fused-ring (bicyclic) bond motifs is 1. The summed E-state index contributed by atoms with van der Waals surface area (Å²) in [6.45, 7) is 0. The molecule has 0 radical (unpaired) electrons. The molecule has 0 spiro atoms. The largest absolute Gasteiger partial charge is 0.477 e. The third-order valence-corrected chi connectivity index (χ3v) is 6.78. The molecule has 21 heavy (non-hydrogen) atoms. The molecule has 7 heteroatoms. The van der Waals surface area contributed by atoms with Crippen LogP contribution in [0.4, 0.5) is 4.39 Å². The Morgan fingerprint density at radius 1 is 1.29 bits per heavy atom. The molecule has 108 valence electrons. The molecule has 0 aliphatic carbocycles. The smallest absolute Gasteiger partial charge is 0.346 e. The molecule has 3 rings (SSSR count). The van der Waals surface area contributed by atoms with Gasteiger partial charge in [-0.1, -0.05) is 12.1 Å². The van der Waals surface area contributed by atoms with E-state index in [0.29, 0.717) is 14.5 Å². The van der Waals surface area contributed by atoms with E-state index in [1.165, 1.54) is 17.4 Å². The van der Waals surface area contributed by atoms with Gasteiger partial charge in [0.1, 0.15) is 10.7 Å². The molecule has 0 aliphatic heterocycles. The van der Waals surface area contributed by atoms with Crippen LogP contribution in [0.2, 0.25) is 0 Å². The SMILES string of the molecule is O=C(O)c1sc2cccc(F)c2c1CS(=O)c1cccs1. The zero-order valence-corrected chi connectivity index (χ0v) is 13.0. The van der Waals surface area contributed by atoms with E-state index < -0.39 is 22.6 Å². The van der Waals surface area contributed by atoms with Crippen molar-refractivity contribution in [3.63, 3.8) is 0 Å². The number of aromatic carboxylic acids is 1. The minimum absolute atomic E-state index is 0.00306. The van der Waals surface area contributed by atoms with E-state index in [2.05, 4.69) is 0 Å². The quantitative estimate of drug-likeness (QED) is 0.778. The van der Waals surface area contributed by atoms with Crippen molar-refractivity contribution in [2.24, 2.45) is 0 Å². The van der Waals surface area contributed by atoms with Gasteiger partial charge in [0.15, 0.2) is 0 Å². The zero-order valence-electron chi connectivity index (χ0n) is 10.5. The van der Waals surface area contributed by atoms with Gasteiger partial charge in [0, 0.05) is 15.6 Å². The molecule has 2 heterocycles. The molecular formula is C14H9FO3S3. The molecule has 3 nitrogen and oxygen atoms in total. The van der Waals surface area contributed by atoms with Crippen molar-refractivity contribution in [3.8, 4) is 0 Å². The van der Waals surface area contributed by atoms with Crippen LogP contribution in [0.15, 0.2) is 39.9 Å². The Hall–Kier alpha value is -1.57. The standard InChI is InChI=1S/C14H9FO3S3/c15-9-3-1-4-10-12(9)8(13(20-10)14(16)17)7-21(18)11-5-2-6-19-11/h1-6H,7H2,(H,16,17). The van der Waals surface area contributed by atoms with E-state index in [4.69, 9.17) is 0 Å². The highest BCUT2D eigenvalue weighted by atomic mass is 32.2. The Bertz CT molecular complexity index is 837. The van der Waals surface area contributed by atoms with Gasteiger partial charge in [-0.15, -0.1) is 22.7 Å². The summed E-state index contributed by atoms with van der Waals surface area (Å²) < 4.78 is 27.6. The molecular weight excluding hydrogens is 331 g/mol. The first-order valence-corrected chi connectivity index (χ1v) is 8.94. The third kappa shape index (κ3) is 2.64. The Morgan fingerprint density at radius 3 is 2.76 bits per heavy atom. The molecule has 1 atom stereocenters. The molecule has 1 unspecified atom stereocenters. The zero-order chi connectivity index (χ0) is 15.0. The first-order chi connectivity index (χ1) is 10.1. The Balaban J connectivity index is 2.13. The lowest BCUT2D eigenvalue weighted by Crippen LogP contribution is -2.02. The first-order valence-electron chi connectivity index (χ1n) is 5.93. The summed E-state index contributed by atoms with van der Waals surface area (Å²) in [5.41, 5.74) is 0.312. The van der Waals surface area contributed by atoms with Crippen LogP contribution in [0.3, 0.4) is 0 Å². The van der Waals surface area contributed by atoms with Crippen molar-refractivity contribution >= 4 is 49.5 Å². The van der Waals surface area contributed by atoms with Crippen LogP contribution in [-0.2, 0) is 16.6 Å². The van der Waals surface area contributed by atoms with Gasteiger partial charge in [0.2, 0.25) is 0 Å². The van der Waals surface area contributed by atoms with Crippen LogP contribution in [0.1, 0.15) is 15.2 Å². The minimum atomic E-state index is -1.38. The number of carboxylic acids is 1. The van der Waals surface area contributed by atoms with E-state index >= 15 is 0 Å². The molecule has 1 aromatic carbocycles. The average Bonchev–Trinajstić information content (AvgIpc) is 3.07. The van der Waals surface area contributed by atoms with Crippen molar-refractivity contribution < 1.29 is 18.5 Å². The number of halogens is 1. The maximum Gasteiger partial charge on any atom is 0.346 e. The number of hydrogen-bond donors (Lipinski definition) is 1. The third-order valence-electron chi connectivity index (χ3n) is 2.95. The molecule has 2 aromatic heterocycles. The number of rotatable bonds is 4. The first kappa shape index (κ1) is 14.4. The second-order valence-corrected chi connectivity index (χ2v) is 7.93. The number of carboxylic acid groups (broad SMARTS) is 1. The lowest BCUT2D eigenvalue weighted by molar-refractivity contribution is 0.0701. The second-order valence-electron chi connectivity index (χ2n) is 4.25. The second kappa shape index (κ2) is 5.67. The Labute approximate surface area is 130 Å². The van der Waals surface area contributed by atoms with Crippen LogP contribution in [0, 0.1) is 5.82 Å². The maximum atomic E-state index is 14.0. The average molecular weight is 340 g/mol. The molecule has 0 saturated heterocycles. The van der Waals surface area contributed by atoms with Crippen LogP contribution in [-0.4, -0.2) is 15.3 Å². The van der Waals surface area contributed by atoms with Gasteiger partial charge in [-0.3, -0.25) is 4.21 Å². The van der Waals surface area contributed by atoms with E-state index in [9.17, 15) is 18.5 Å². The molecule has 0 saturated carbocycles. The van der Waals surface area contributed by atoms with Crippen LogP contribution < -0.4 is 0 Å². The van der Waals surface area contributed by atoms with Gasteiger partial charge in [0.05, 0.1) is 20.8 Å². The predicted octanol–water partition coefficient (Wildman–Crippen LogP) is 4.11. The molecule has 0 fully saturated rings. The van der Waals surface area contributed by atoms with Crippen molar-refractivity contribution in [2.45, 2.75) is 9.96 Å². The van der Waals surface area contributed by atoms with E-state index in [1.807, 2.05) is 0 Å². The Kier molecular flexibility index (Phi) is 3.88. The molecule has 3 aromatic rings. The summed E-state index contributed by atoms with van der Waals surface area (Å²) in [6, 6.07) is 8.01. The molecule has 0 amide bonds. The lowest BCUT2D eigenvalue weighted by Gasteiger charge is -2.02. The fourth-order valence-corrected chi connectivity index (χ4v) is 5.38. The van der Waals surface area contributed by atoms with Crippen LogP contribution in [0.25, 0.3) is 10.1 Å². The predicted molar refractivity (Wildman–Crippen MR) is 83.2 cm³/mol. The number of thiophene rings is 2. The minimum Gasteiger partial charge on any atom is -0.477 e. The number of benzene rings is 1. The van der Waals surface area contributed by atoms with E-state index in [-0.39, 0.29) is 16.0 Å². The highest BCUT2D eigenvalue weighted by Gasteiger charge is 2.22. The van der Waals surface area contributed by atoms with Crippen molar-refractivity contribution in [3.05, 3.63) is 52.0 Å². The summed E-state index contributed by atoms with van der Waals surface area (Å²) in [5, 5.41) is 11.4. The van der Waals surface area contributed by atoms with Crippen molar-refractivity contribution in [2.75, 3.05) is 0 Å². The highest BCUT2D eigenvalue weighted by molar-refractivity contribution is 7.86. The van der Waals surface area contributed by atoms with Gasteiger partial charge in [-0.2, -0.15) is 0 Å². The number of carbonyl (C=O) groups is 1. The highest BCUT2D eigenvalue weighted by Crippen LogP contribution is 2.35. The monoisotopic (exact) mass is 340 g/mol. The van der Waals surface area contributed by atoms with Gasteiger partial charge >= 0.3 is 5.97 Å². The topological polar surface area (TPSA) is 54.4 Å². The Morgan fingerprint density at radius 2 is 2.10 bits per heavy atom. The molecule has 0 aliphatic rings. The summed E-state index contributed by atoms with van der Waals surface area (Å²) in [4.78, 5) is 11.4.